The monoisotopic (exact) mass is 189 g/mol. The molecule has 0 spiro atoms. The number of aliphatic carboxylic acids is 1. The van der Waals surface area contributed by atoms with Crippen LogP contribution in [-0.4, -0.2) is 23.7 Å². The molecule has 2 rings (SSSR count). The first kappa shape index (κ1) is 8.97. The van der Waals surface area contributed by atoms with Crippen molar-refractivity contribution in [3.63, 3.8) is 0 Å². The number of carbonyl (C=O) groups is 1. The molecule has 0 amide bonds. The summed E-state index contributed by atoms with van der Waals surface area (Å²) in [6.45, 7) is 0.626. The molecule has 1 aromatic carbocycles. The molecular weight excluding hydrogens is 178 g/mol. The van der Waals surface area contributed by atoms with Crippen LogP contribution in [0.4, 0.5) is 0 Å². The summed E-state index contributed by atoms with van der Waals surface area (Å²) in [5, 5.41) is 11.7. The predicted octanol–water partition coefficient (Wildman–Crippen LogP) is 1.13. The molecule has 1 aliphatic rings. The van der Waals surface area contributed by atoms with Gasteiger partial charge in [0.25, 0.3) is 0 Å². The second-order valence-electron chi connectivity index (χ2n) is 3.25. The van der Waals surface area contributed by atoms with Crippen molar-refractivity contribution in [3.05, 3.63) is 42.0 Å². The minimum Gasteiger partial charge on any atom is -0.480 e. The van der Waals surface area contributed by atoms with E-state index in [-0.39, 0.29) is 0 Å². The van der Waals surface area contributed by atoms with Crippen LogP contribution in [0.3, 0.4) is 0 Å². The average Bonchev–Trinajstić information content (AvgIpc) is 2.68. The van der Waals surface area contributed by atoms with E-state index in [9.17, 15) is 4.79 Å². The maximum Gasteiger partial charge on any atom is 0.324 e. The van der Waals surface area contributed by atoms with Crippen LogP contribution in [0.25, 0.3) is 5.57 Å². The SMILES string of the molecule is O=C(O)[C@@H]1C=C(c2ccccc2)CN1. The highest BCUT2D eigenvalue weighted by molar-refractivity contribution is 5.83. The van der Waals surface area contributed by atoms with Gasteiger partial charge in [-0.15, -0.1) is 0 Å². The van der Waals surface area contributed by atoms with Crippen LogP contribution in [0.15, 0.2) is 36.4 Å². The predicted molar refractivity (Wildman–Crippen MR) is 53.8 cm³/mol. The van der Waals surface area contributed by atoms with Crippen LogP contribution in [0, 0.1) is 0 Å². The highest BCUT2D eigenvalue weighted by Crippen LogP contribution is 2.18. The van der Waals surface area contributed by atoms with Gasteiger partial charge in [-0.05, 0) is 11.1 Å². The molecule has 1 aromatic rings. The van der Waals surface area contributed by atoms with Crippen molar-refractivity contribution < 1.29 is 9.90 Å². The lowest BCUT2D eigenvalue weighted by Crippen LogP contribution is -2.30. The molecule has 14 heavy (non-hydrogen) atoms. The summed E-state index contributed by atoms with van der Waals surface area (Å²) >= 11 is 0. The van der Waals surface area contributed by atoms with Crippen molar-refractivity contribution in [3.8, 4) is 0 Å². The summed E-state index contributed by atoms with van der Waals surface area (Å²) in [4.78, 5) is 10.7. The van der Waals surface area contributed by atoms with Crippen molar-refractivity contribution >= 4 is 11.5 Å². The maximum atomic E-state index is 10.7. The van der Waals surface area contributed by atoms with Crippen LogP contribution in [-0.2, 0) is 4.79 Å². The zero-order valence-corrected chi connectivity index (χ0v) is 7.60. The van der Waals surface area contributed by atoms with Crippen molar-refractivity contribution in [1.29, 1.82) is 0 Å². The number of benzene rings is 1. The second-order valence-corrected chi connectivity index (χ2v) is 3.25. The molecule has 3 nitrogen and oxygen atoms in total. The summed E-state index contributed by atoms with van der Waals surface area (Å²) in [7, 11) is 0. The van der Waals surface area contributed by atoms with Gasteiger partial charge in [0.1, 0.15) is 6.04 Å². The smallest absolute Gasteiger partial charge is 0.324 e. The van der Waals surface area contributed by atoms with Gasteiger partial charge in [-0.1, -0.05) is 36.4 Å². The zero-order valence-electron chi connectivity index (χ0n) is 7.60. The molecule has 2 N–H and O–H groups in total. The quantitative estimate of drug-likeness (QED) is 0.733. The zero-order chi connectivity index (χ0) is 9.97. The van der Waals surface area contributed by atoms with Crippen LogP contribution in [0.5, 0.6) is 0 Å². The minimum atomic E-state index is -0.823. The van der Waals surface area contributed by atoms with E-state index < -0.39 is 12.0 Å². The third-order valence-corrected chi connectivity index (χ3v) is 2.29. The van der Waals surface area contributed by atoms with Gasteiger partial charge in [-0.25, -0.2) is 0 Å². The molecule has 0 unspecified atom stereocenters. The number of carboxylic acid groups (broad SMARTS) is 1. The Morgan fingerprint density at radius 3 is 2.64 bits per heavy atom. The largest absolute Gasteiger partial charge is 0.480 e. The van der Waals surface area contributed by atoms with E-state index in [1.165, 1.54) is 0 Å². The summed E-state index contributed by atoms with van der Waals surface area (Å²) in [5.74, 6) is -0.823. The van der Waals surface area contributed by atoms with Gasteiger partial charge in [0, 0.05) is 6.54 Å². The Kier molecular flexibility index (Phi) is 2.33. The van der Waals surface area contributed by atoms with Gasteiger partial charge in [0.05, 0.1) is 0 Å². The van der Waals surface area contributed by atoms with Crippen molar-refractivity contribution in [2.75, 3.05) is 6.54 Å². The van der Waals surface area contributed by atoms with E-state index in [1.807, 2.05) is 30.3 Å². The Morgan fingerprint density at radius 2 is 2.07 bits per heavy atom. The molecule has 0 fully saturated rings. The molecule has 72 valence electrons. The minimum absolute atomic E-state index is 0.537. The summed E-state index contributed by atoms with van der Waals surface area (Å²) in [6, 6.07) is 9.27. The molecule has 0 bridgehead atoms. The lowest BCUT2D eigenvalue weighted by molar-refractivity contribution is -0.137. The van der Waals surface area contributed by atoms with Crippen molar-refractivity contribution in [2.24, 2.45) is 0 Å². The first-order valence-electron chi connectivity index (χ1n) is 4.49. The van der Waals surface area contributed by atoms with Crippen molar-refractivity contribution in [2.45, 2.75) is 6.04 Å². The van der Waals surface area contributed by atoms with Crippen LogP contribution >= 0.6 is 0 Å². The number of carboxylic acids is 1. The lowest BCUT2D eigenvalue weighted by Gasteiger charge is -2.00. The van der Waals surface area contributed by atoms with Crippen LogP contribution in [0.1, 0.15) is 5.56 Å². The van der Waals surface area contributed by atoms with E-state index >= 15 is 0 Å². The fourth-order valence-corrected chi connectivity index (χ4v) is 1.55. The van der Waals surface area contributed by atoms with Gasteiger partial charge < -0.3 is 5.11 Å². The van der Waals surface area contributed by atoms with Gasteiger partial charge in [-0.2, -0.15) is 0 Å². The fourth-order valence-electron chi connectivity index (χ4n) is 1.55. The highest BCUT2D eigenvalue weighted by atomic mass is 16.4. The molecule has 1 heterocycles. The van der Waals surface area contributed by atoms with Crippen LogP contribution in [0.2, 0.25) is 0 Å². The van der Waals surface area contributed by atoms with Gasteiger partial charge in [0.2, 0.25) is 0 Å². The third kappa shape index (κ3) is 1.67. The number of rotatable bonds is 2. The van der Waals surface area contributed by atoms with E-state index in [2.05, 4.69) is 5.32 Å². The van der Waals surface area contributed by atoms with E-state index in [0.717, 1.165) is 11.1 Å². The van der Waals surface area contributed by atoms with E-state index in [0.29, 0.717) is 6.54 Å². The lowest BCUT2D eigenvalue weighted by atomic mass is 10.1. The summed E-state index contributed by atoms with van der Waals surface area (Å²) < 4.78 is 0. The molecule has 0 aromatic heterocycles. The van der Waals surface area contributed by atoms with Gasteiger partial charge in [0.15, 0.2) is 0 Å². The topological polar surface area (TPSA) is 49.3 Å². The fraction of sp³-hybridized carbons (Fsp3) is 0.182. The Bertz CT molecular complexity index is 370. The number of hydrogen-bond donors (Lipinski definition) is 2. The number of hydrogen-bond acceptors (Lipinski definition) is 2. The Morgan fingerprint density at radius 1 is 1.36 bits per heavy atom. The third-order valence-electron chi connectivity index (χ3n) is 2.29. The average molecular weight is 189 g/mol. The molecular formula is C11H11NO2. The normalized spacial score (nSPS) is 20.6. The standard InChI is InChI=1S/C11H11NO2/c13-11(14)10-6-9(7-12-10)8-4-2-1-3-5-8/h1-6,10,12H,7H2,(H,13,14)/t10-/m0/s1. The molecule has 1 aliphatic heterocycles. The van der Waals surface area contributed by atoms with E-state index in [4.69, 9.17) is 5.11 Å². The molecule has 0 radical (unpaired) electrons. The summed E-state index contributed by atoms with van der Waals surface area (Å²) in [6.07, 6.45) is 1.76. The number of nitrogens with one attached hydrogen (secondary N) is 1. The first-order valence-corrected chi connectivity index (χ1v) is 4.49. The molecule has 1 atom stereocenters. The molecule has 3 heteroatoms. The molecule has 0 aliphatic carbocycles. The van der Waals surface area contributed by atoms with Gasteiger partial charge in [-0.3, -0.25) is 10.1 Å². The van der Waals surface area contributed by atoms with E-state index in [1.54, 1.807) is 6.08 Å². The Balaban J connectivity index is 2.22. The maximum absolute atomic E-state index is 10.7. The molecule has 0 saturated heterocycles. The Hall–Kier alpha value is -1.61. The second kappa shape index (κ2) is 3.64. The molecule has 0 saturated carbocycles. The first-order chi connectivity index (χ1) is 6.77. The summed E-state index contributed by atoms with van der Waals surface area (Å²) in [5.41, 5.74) is 2.14. The van der Waals surface area contributed by atoms with Crippen LogP contribution < -0.4 is 5.32 Å². The van der Waals surface area contributed by atoms with Crippen molar-refractivity contribution in [1.82, 2.24) is 5.32 Å². The van der Waals surface area contributed by atoms with Gasteiger partial charge >= 0.3 is 5.97 Å². The Labute approximate surface area is 82.1 Å². The highest BCUT2D eigenvalue weighted by Gasteiger charge is 2.21.